The SMILES string of the molecule is N.c1ccc(-c2ccccn2)nc1.c1ccc(-c2ccccn2)nc1.c1ccc(-c2ccccn2)nc1.c1ccc(-c2ccccn2)nc1. The Morgan fingerprint density at radius 2 is 0.306 bits per heavy atom. The Labute approximate surface area is 286 Å². The fraction of sp³-hybridized carbons (Fsp3) is 0. The van der Waals surface area contributed by atoms with Gasteiger partial charge >= 0.3 is 0 Å². The predicted molar refractivity (Wildman–Crippen MR) is 195 cm³/mol. The van der Waals surface area contributed by atoms with Gasteiger partial charge in [0.2, 0.25) is 0 Å². The second-order valence-corrected chi connectivity index (χ2v) is 9.72. The third kappa shape index (κ3) is 11.8. The molecule has 8 aromatic heterocycles. The highest BCUT2D eigenvalue weighted by molar-refractivity contribution is 5.54. The minimum Gasteiger partial charge on any atom is -0.344 e. The maximum absolute atomic E-state index is 4.19. The molecule has 8 rings (SSSR count). The molecule has 0 aliphatic carbocycles. The van der Waals surface area contributed by atoms with E-state index < -0.39 is 0 Å². The van der Waals surface area contributed by atoms with Gasteiger partial charge in [-0.2, -0.15) is 0 Å². The summed E-state index contributed by atoms with van der Waals surface area (Å²) >= 11 is 0. The first-order valence-electron chi connectivity index (χ1n) is 15.2. The number of nitrogens with zero attached hydrogens (tertiary/aromatic N) is 8. The standard InChI is InChI=1S/4C10H8N2.H3N/c4*1-3-7-11-9(5-1)10-6-2-4-8-12-10;/h4*1-8H;1H3. The van der Waals surface area contributed by atoms with Gasteiger partial charge in [-0.1, -0.05) is 48.5 Å². The summed E-state index contributed by atoms with van der Waals surface area (Å²) in [6.45, 7) is 0. The molecule has 0 unspecified atom stereocenters. The van der Waals surface area contributed by atoms with E-state index in [1.807, 2.05) is 146 Å². The molecule has 0 atom stereocenters. The van der Waals surface area contributed by atoms with Gasteiger partial charge in [0, 0.05) is 49.6 Å². The Morgan fingerprint density at radius 3 is 0.388 bits per heavy atom. The van der Waals surface area contributed by atoms with E-state index in [2.05, 4.69) is 39.9 Å². The lowest BCUT2D eigenvalue weighted by Crippen LogP contribution is -1.83. The van der Waals surface area contributed by atoms with Gasteiger partial charge in [-0.3, -0.25) is 39.9 Å². The molecule has 49 heavy (non-hydrogen) atoms. The van der Waals surface area contributed by atoms with E-state index in [1.165, 1.54) is 0 Å². The van der Waals surface area contributed by atoms with Crippen molar-refractivity contribution in [1.82, 2.24) is 46.0 Å². The number of hydrogen-bond acceptors (Lipinski definition) is 9. The molecule has 0 spiro atoms. The number of hydrogen-bond donors (Lipinski definition) is 1. The molecule has 0 amide bonds. The second kappa shape index (κ2) is 20.3. The van der Waals surface area contributed by atoms with Crippen molar-refractivity contribution in [3.63, 3.8) is 0 Å². The number of aromatic nitrogens is 8. The highest BCUT2D eigenvalue weighted by Crippen LogP contribution is 2.13. The molecule has 9 heteroatoms. The molecule has 3 N–H and O–H groups in total. The fourth-order valence-corrected chi connectivity index (χ4v) is 4.11. The molecule has 0 fully saturated rings. The van der Waals surface area contributed by atoms with Gasteiger partial charge in [-0.05, 0) is 97.1 Å². The van der Waals surface area contributed by atoms with Crippen molar-refractivity contribution < 1.29 is 0 Å². The summed E-state index contributed by atoms with van der Waals surface area (Å²) in [5.41, 5.74) is 7.32. The van der Waals surface area contributed by atoms with E-state index in [0.717, 1.165) is 45.6 Å². The first kappa shape index (κ1) is 35.0. The van der Waals surface area contributed by atoms with Crippen molar-refractivity contribution in [1.29, 1.82) is 0 Å². The third-order valence-electron chi connectivity index (χ3n) is 6.37. The molecule has 0 aliphatic rings. The third-order valence-corrected chi connectivity index (χ3v) is 6.37. The second-order valence-electron chi connectivity index (χ2n) is 9.72. The zero-order chi connectivity index (χ0) is 32.9. The van der Waals surface area contributed by atoms with Gasteiger partial charge in [0.05, 0.1) is 45.6 Å². The van der Waals surface area contributed by atoms with Gasteiger partial charge in [0.25, 0.3) is 0 Å². The van der Waals surface area contributed by atoms with E-state index in [1.54, 1.807) is 49.6 Å². The lowest BCUT2D eigenvalue weighted by molar-refractivity contribution is 1.25. The largest absolute Gasteiger partial charge is 0.344 e. The molecule has 0 saturated heterocycles. The molecular formula is C40H35N9. The van der Waals surface area contributed by atoms with Gasteiger partial charge in [-0.25, -0.2) is 0 Å². The van der Waals surface area contributed by atoms with E-state index >= 15 is 0 Å². The van der Waals surface area contributed by atoms with Crippen molar-refractivity contribution in [2.24, 2.45) is 0 Å². The van der Waals surface area contributed by atoms with Gasteiger partial charge < -0.3 is 6.15 Å². The maximum Gasteiger partial charge on any atom is 0.0886 e. The van der Waals surface area contributed by atoms with Gasteiger partial charge in [-0.15, -0.1) is 0 Å². The van der Waals surface area contributed by atoms with Crippen LogP contribution in [0.5, 0.6) is 0 Å². The first-order valence-corrected chi connectivity index (χ1v) is 15.2. The fourth-order valence-electron chi connectivity index (χ4n) is 4.11. The topological polar surface area (TPSA) is 138 Å². The number of pyridine rings is 8. The summed E-state index contributed by atoms with van der Waals surface area (Å²) < 4.78 is 0. The van der Waals surface area contributed by atoms with Crippen LogP contribution in [0.15, 0.2) is 195 Å². The highest BCUT2D eigenvalue weighted by Gasteiger charge is 1.98. The summed E-state index contributed by atoms with van der Waals surface area (Å²) in [6, 6.07) is 46.4. The van der Waals surface area contributed by atoms with Gasteiger partial charge in [0.15, 0.2) is 0 Å². The molecule has 0 radical (unpaired) electrons. The van der Waals surface area contributed by atoms with E-state index in [4.69, 9.17) is 0 Å². The average Bonchev–Trinajstić information content (AvgIpc) is 3.21. The van der Waals surface area contributed by atoms with Crippen LogP contribution in [-0.4, -0.2) is 39.9 Å². The van der Waals surface area contributed by atoms with Crippen molar-refractivity contribution in [2.75, 3.05) is 0 Å². The van der Waals surface area contributed by atoms with Crippen LogP contribution in [0.1, 0.15) is 0 Å². The van der Waals surface area contributed by atoms with Crippen LogP contribution in [-0.2, 0) is 0 Å². The van der Waals surface area contributed by atoms with E-state index in [9.17, 15) is 0 Å². The molecular weight excluding hydrogens is 607 g/mol. The van der Waals surface area contributed by atoms with Crippen molar-refractivity contribution >= 4 is 0 Å². The summed E-state index contributed by atoms with van der Waals surface area (Å²) in [7, 11) is 0. The van der Waals surface area contributed by atoms with Crippen LogP contribution in [0.2, 0.25) is 0 Å². The summed E-state index contributed by atoms with van der Waals surface area (Å²) in [5.74, 6) is 0. The van der Waals surface area contributed by atoms with Crippen LogP contribution in [0.25, 0.3) is 45.6 Å². The lowest BCUT2D eigenvalue weighted by Gasteiger charge is -1.96. The molecule has 0 aliphatic heterocycles. The van der Waals surface area contributed by atoms with Crippen molar-refractivity contribution in [3.05, 3.63) is 195 Å². The monoisotopic (exact) mass is 641 g/mol. The van der Waals surface area contributed by atoms with E-state index in [-0.39, 0.29) is 6.15 Å². The molecule has 9 nitrogen and oxygen atoms in total. The molecule has 240 valence electrons. The molecule has 0 saturated carbocycles. The van der Waals surface area contributed by atoms with E-state index in [0.29, 0.717) is 0 Å². The Morgan fingerprint density at radius 1 is 0.184 bits per heavy atom. The first-order chi connectivity index (χ1) is 23.9. The smallest absolute Gasteiger partial charge is 0.0886 e. The Kier molecular flexibility index (Phi) is 14.5. The Bertz CT molecular complexity index is 1520. The van der Waals surface area contributed by atoms with Crippen LogP contribution in [0.3, 0.4) is 0 Å². The van der Waals surface area contributed by atoms with Crippen molar-refractivity contribution in [2.45, 2.75) is 0 Å². The maximum atomic E-state index is 4.19. The Hall–Kier alpha value is -6.84. The van der Waals surface area contributed by atoms with Crippen LogP contribution < -0.4 is 6.15 Å². The summed E-state index contributed by atoms with van der Waals surface area (Å²) in [5, 5.41) is 0. The highest BCUT2D eigenvalue weighted by atomic mass is 14.8. The minimum atomic E-state index is 0. The van der Waals surface area contributed by atoms with Gasteiger partial charge in [0.1, 0.15) is 0 Å². The quantitative estimate of drug-likeness (QED) is 0.200. The normalized spacial score (nSPS) is 9.47. The Balaban J connectivity index is 0.000000146. The lowest BCUT2D eigenvalue weighted by atomic mass is 10.2. The minimum absolute atomic E-state index is 0. The molecule has 8 heterocycles. The van der Waals surface area contributed by atoms with Crippen LogP contribution in [0, 0.1) is 0 Å². The molecule has 0 bridgehead atoms. The summed E-state index contributed by atoms with van der Waals surface area (Å²) in [6.07, 6.45) is 14.1. The van der Waals surface area contributed by atoms with Crippen LogP contribution in [0.4, 0.5) is 0 Å². The average molecular weight is 642 g/mol. The van der Waals surface area contributed by atoms with Crippen molar-refractivity contribution in [3.8, 4) is 45.6 Å². The zero-order valence-corrected chi connectivity index (χ0v) is 26.8. The zero-order valence-electron chi connectivity index (χ0n) is 26.8. The predicted octanol–water partition coefficient (Wildman–Crippen LogP) is 8.74. The van der Waals surface area contributed by atoms with Crippen LogP contribution >= 0.6 is 0 Å². The molecule has 0 aromatic carbocycles. The summed E-state index contributed by atoms with van der Waals surface area (Å²) in [4.78, 5) is 33.5. The number of rotatable bonds is 4. The molecule has 8 aromatic rings.